The third-order valence-electron chi connectivity index (χ3n) is 2.16. The molecule has 0 rings (SSSR count). The van der Waals surface area contributed by atoms with E-state index >= 15 is 0 Å². The van der Waals surface area contributed by atoms with Gasteiger partial charge in [-0.05, 0) is 33.5 Å². The molecule has 0 bridgehead atoms. The van der Waals surface area contributed by atoms with E-state index < -0.39 is 12.1 Å². The number of rotatable bonds is 7. The van der Waals surface area contributed by atoms with Crippen LogP contribution in [0.4, 0.5) is 4.79 Å². The highest BCUT2D eigenvalue weighted by atomic mass is 16.7. The molecule has 16 heavy (non-hydrogen) atoms. The maximum absolute atomic E-state index is 11.2. The number of hydrogen-bond acceptors (Lipinski definition) is 6. The normalized spacial score (nSPS) is 11.9. The fourth-order valence-electron chi connectivity index (χ4n) is 1.25. The third kappa shape index (κ3) is 7.19. The van der Waals surface area contributed by atoms with Crippen LogP contribution in [0.5, 0.6) is 0 Å². The van der Waals surface area contributed by atoms with Gasteiger partial charge >= 0.3 is 12.1 Å². The Bertz CT molecular complexity index is 221. The summed E-state index contributed by atoms with van der Waals surface area (Å²) in [4.78, 5) is 21.9. The summed E-state index contributed by atoms with van der Waals surface area (Å²) in [6, 6.07) is 0.0190. The van der Waals surface area contributed by atoms with Crippen LogP contribution in [-0.4, -0.2) is 45.9 Å². The Morgan fingerprint density at radius 1 is 1.31 bits per heavy atom. The highest BCUT2D eigenvalue weighted by molar-refractivity contribution is 5.82. The number of ether oxygens (including phenoxy) is 2. The number of nitrogens with one attached hydrogen (secondary N) is 2. The summed E-state index contributed by atoms with van der Waals surface area (Å²) in [7, 11) is 4.81. The molecule has 2 N–H and O–H groups in total. The van der Waals surface area contributed by atoms with E-state index in [0.29, 0.717) is 0 Å². The van der Waals surface area contributed by atoms with Crippen LogP contribution in [-0.2, 0) is 14.3 Å². The van der Waals surface area contributed by atoms with E-state index in [9.17, 15) is 9.59 Å². The van der Waals surface area contributed by atoms with Crippen molar-refractivity contribution in [1.29, 1.82) is 0 Å². The average molecular weight is 232 g/mol. The number of carbonyl (C=O) groups excluding carboxylic acids is 2. The molecule has 0 unspecified atom stereocenters. The van der Waals surface area contributed by atoms with E-state index in [4.69, 9.17) is 0 Å². The SMILES string of the molecule is CNCCC[C@@H](CC(=O)OC(=O)OC)NC. The van der Waals surface area contributed by atoms with E-state index in [1.165, 1.54) is 0 Å². The molecule has 0 radical (unpaired) electrons. The van der Waals surface area contributed by atoms with E-state index in [1.54, 1.807) is 7.05 Å². The third-order valence-corrected chi connectivity index (χ3v) is 2.16. The van der Waals surface area contributed by atoms with Crippen molar-refractivity contribution in [2.24, 2.45) is 0 Å². The number of methoxy groups -OCH3 is 1. The first-order valence-electron chi connectivity index (χ1n) is 5.24. The first-order chi connectivity index (χ1) is 7.63. The summed E-state index contributed by atoms with van der Waals surface area (Å²) in [5, 5.41) is 6.03. The Kier molecular flexibility index (Phi) is 8.46. The van der Waals surface area contributed by atoms with Crippen molar-refractivity contribution in [3.8, 4) is 0 Å². The van der Waals surface area contributed by atoms with Crippen LogP contribution in [0.3, 0.4) is 0 Å². The zero-order valence-electron chi connectivity index (χ0n) is 10.0. The lowest BCUT2D eigenvalue weighted by atomic mass is 10.1. The van der Waals surface area contributed by atoms with Crippen LogP contribution in [0.25, 0.3) is 0 Å². The first-order valence-corrected chi connectivity index (χ1v) is 5.24. The van der Waals surface area contributed by atoms with Gasteiger partial charge in [-0.2, -0.15) is 0 Å². The van der Waals surface area contributed by atoms with Gasteiger partial charge in [-0.15, -0.1) is 0 Å². The van der Waals surface area contributed by atoms with Crippen molar-refractivity contribution in [1.82, 2.24) is 10.6 Å². The van der Waals surface area contributed by atoms with Gasteiger partial charge in [0.2, 0.25) is 0 Å². The van der Waals surface area contributed by atoms with Gasteiger partial charge in [0.05, 0.1) is 13.5 Å². The molecule has 0 heterocycles. The Morgan fingerprint density at radius 3 is 2.50 bits per heavy atom. The van der Waals surface area contributed by atoms with Gasteiger partial charge in [-0.1, -0.05) is 0 Å². The molecule has 6 heteroatoms. The largest absolute Gasteiger partial charge is 0.515 e. The molecule has 0 spiro atoms. The zero-order valence-corrected chi connectivity index (χ0v) is 10.0. The Hall–Kier alpha value is -1.14. The summed E-state index contributed by atoms with van der Waals surface area (Å²) in [6.07, 6.45) is 0.992. The van der Waals surface area contributed by atoms with Crippen molar-refractivity contribution in [2.45, 2.75) is 25.3 Å². The van der Waals surface area contributed by atoms with E-state index in [-0.39, 0.29) is 12.5 Å². The quantitative estimate of drug-likeness (QED) is 0.373. The van der Waals surface area contributed by atoms with Crippen molar-refractivity contribution in [3.63, 3.8) is 0 Å². The van der Waals surface area contributed by atoms with E-state index in [0.717, 1.165) is 26.5 Å². The van der Waals surface area contributed by atoms with Crippen molar-refractivity contribution < 1.29 is 19.1 Å². The Morgan fingerprint density at radius 2 is 2.00 bits per heavy atom. The fraction of sp³-hybridized carbons (Fsp3) is 0.800. The lowest BCUT2D eigenvalue weighted by Crippen LogP contribution is -2.30. The predicted molar refractivity (Wildman–Crippen MR) is 59.1 cm³/mol. The molecule has 1 atom stereocenters. The van der Waals surface area contributed by atoms with E-state index in [1.807, 2.05) is 7.05 Å². The average Bonchev–Trinajstić information content (AvgIpc) is 2.27. The molecule has 0 aromatic heterocycles. The van der Waals surface area contributed by atoms with Gasteiger partial charge in [0.15, 0.2) is 0 Å². The second-order valence-corrected chi connectivity index (χ2v) is 3.36. The molecule has 6 nitrogen and oxygen atoms in total. The summed E-state index contributed by atoms with van der Waals surface area (Å²) in [6.45, 7) is 0.893. The fourth-order valence-corrected chi connectivity index (χ4v) is 1.25. The minimum atomic E-state index is -0.963. The van der Waals surface area contributed by atoms with Gasteiger partial charge < -0.3 is 20.1 Å². The van der Waals surface area contributed by atoms with Crippen molar-refractivity contribution in [3.05, 3.63) is 0 Å². The zero-order chi connectivity index (χ0) is 12.4. The molecule has 0 fully saturated rings. The summed E-state index contributed by atoms with van der Waals surface area (Å²) < 4.78 is 8.60. The smallest absolute Gasteiger partial charge is 0.437 e. The molecule has 0 aromatic carbocycles. The lowest BCUT2D eigenvalue weighted by molar-refractivity contribution is -0.140. The minimum absolute atomic E-state index is 0.0190. The second-order valence-electron chi connectivity index (χ2n) is 3.36. The highest BCUT2D eigenvalue weighted by Gasteiger charge is 2.16. The number of carbonyl (C=O) groups is 2. The molecule has 0 aliphatic heterocycles. The molecule has 0 saturated carbocycles. The van der Waals surface area contributed by atoms with Gasteiger partial charge in [0, 0.05) is 6.04 Å². The molecule has 0 aromatic rings. The van der Waals surface area contributed by atoms with Gasteiger partial charge in [-0.3, -0.25) is 4.79 Å². The van der Waals surface area contributed by atoms with Crippen LogP contribution in [0.15, 0.2) is 0 Å². The number of hydrogen-bond donors (Lipinski definition) is 2. The second kappa shape index (κ2) is 9.11. The van der Waals surface area contributed by atoms with E-state index in [2.05, 4.69) is 20.1 Å². The predicted octanol–water partition coefficient (Wildman–Crippen LogP) is 0.274. The lowest BCUT2D eigenvalue weighted by Gasteiger charge is -2.14. The number of esters is 1. The maximum atomic E-state index is 11.2. The summed E-state index contributed by atoms with van der Waals surface area (Å²) in [5.41, 5.74) is 0. The van der Waals surface area contributed by atoms with Crippen LogP contribution in [0, 0.1) is 0 Å². The summed E-state index contributed by atoms with van der Waals surface area (Å²) >= 11 is 0. The molecule has 0 aliphatic carbocycles. The first kappa shape index (κ1) is 14.9. The monoisotopic (exact) mass is 232 g/mol. The topological polar surface area (TPSA) is 76.7 Å². The van der Waals surface area contributed by atoms with Crippen LogP contribution in [0.1, 0.15) is 19.3 Å². The van der Waals surface area contributed by atoms with Crippen LogP contribution < -0.4 is 10.6 Å². The molecule has 0 saturated heterocycles. The molecular weight excluding hydrogens is 212 g/mol. The maximum Gasteiger partial charge on any atom is 0.515 e. The van der Waals surface area contributed by atoms with Gasteiger partial charge in [-0.25, -0.2) is 4.79 Å². The van der Waals surface area contributed by atoms with Gasteiger partial charge in [0.25, 0.3) is 0 Å². The minimum Gasteiger partial charge on any atom is -0.437 e. The molecule has 94 valence electrons. The molecular formula is C10H20N2O4. The van der Waals surface area contributed by atoms with Crippen molar-refractivity contribution in [2.75, 3.05) is 27.7 Å². The molecule has 0 aliphatic rings. The Balaban J connectivity index is 3.82. The van der Waals surface area contributed by atoms with Crippen molar-refractivity contribution >= 4 is 12.1 Å². The van der Waals surface area contributed by atoms with Crippen LogP contribution in [0.2, 0.25) is 0 Å². The molecule has 0 amide bonds. The summed E-state index contributed by atoms with van der Waals surface area (Å²) in [5.74, 6) is -0.573. The van der Waals surface area contributed by atoms with Crippen LogP contribution >= 0.6 is 0 Å². The highest BCUT2D eigenvalue weighted by Crippen LogP contribution is 2.03. The Labute approximate surface area is 95.7 Å². The standard InChI is InChI=1S/C10H20N2O4/c1-11-6-4-5-8(12-2)7-9(13)16-10(14)15-3/h8,11-12H,4-7H2,1-3H3/t8-/m0/s1. The van der Waals surface area contributed by atoms with Gasteiger partial charge in [0.1, 0.15) is 0 Å².